The molecule has 4 nitrogen and oxygen atoms in total. The number of carbonyl (C=O) groups is 1. The van der Waals surface area contributed by atoms with Crippen LogP contribution >= 0.6 is 0 Å². The number of rotatable bonds is 4. The molecule has 2 fully saturated rings. The van der Waals surface area contributed by atoms with E-state index >= 15 is 0 Å². The molecule has 3 aromatic rings. The summed E-state index contributed by atoms with van der Waals surface area (Å²) in [7, 11) is 1.66. The predicted octanol–water partition coefficient (Wildman–Crippen LogP) is 5.54. The van der Waals surface area contributed by atoms with Crippen LogP contribution in [0.1, 0.15) is 48.4 Å². The number of hydrogen-bond donors (Lipinski definition) is 1. The molecule has 0 unspecified atom stereocenters. The normalized spacial score (nSPS) is 27.3. The molecule has 4 heteroatoms. The lowest BCUT2D eigenvalue weighted by Gasteiger charge is -2.59. The van der Waals surface area contributed by atoms with Gasteiger partial charge < -0.3 is 14.7 Å². The fourth-order valence-electron chi connectivity index (χ4n) is 5.51. The SMILES string of the molecule is COc1ccc([C@H]2N(c3ccccc3)C(=O)C23CCC(O)(c2ccc(C)cc2)CC3)cc1. The third kappa shape index (κ3) is 3.21. The Hall–Kier alpha value is -3.11. The van der Waals surface area contributed by atoms with Gasteiger partial charge in [0.05, 0.1) is 24.2 Å². The summed E-state index contributed by atoms with van der Waals surface area (Å²) in [6.45, 7) is 2.05. The lowest BCUT2D eigenvalue weighted by molar-refractivity contribution is -0.149. The van der Waals surface area contributed by atoms with Gasteiger partial charge in [-0.2, -0.15) is 0 Å². The smallest absolute Gasteiger partial charge is 0.236 e. The highest BCUT2D eigenvalue weighted by molar-refractivity contribution is 6.06. The van der Waals surface area contributed by atoms with Crippen molar-refractivity contribution in [2.75, 3.05) is 12.0 Å². The Bertz CT molecular complexity index is 1100. The van der Waals surface area contributed by atoms with E-state index in [4.69, 9.17) is 4.74 Å². The Balaban J connectivity index is 1.48. The summed E-state index contributed by atoms with van der Waals surface area (Å²) in [5.41, 5.74) is 2.79. The molecule has 1 amide bonds. The number of methoxy groups -OCH3 is 1. The average Bonchev–Trinajstić information content (AvgIpc) is 2.84. The zero-order chi connectivity index (χ0) is 22.3. The number of para-hydroxylation sites is 1. The van der Waals surface area contributed by atoms with Crippen molar-refractivity contribution in [1.29, 1.82) is 0 Å². The maximum atomic E-state index is 13.7. The number of nitrogens with zero attached hydrogens (tertiary/aromatic N) is 1. The van der Waals surface area contributed by atoms with Gasteiger partial charge >= 0.3 is 0 Å². The minimum atomic E-state index is -0.878. The second-order valence-corrected chi connectivity index (χ2v) is 9.24. The molecule has 164 valence electrons. The molecule has 1 N–H and O–H groups in total. The van der Waals surface area contributed by atoms with Crippen molar-refractivity contribution in [3.8, 4) is 5.75 Å². The molecule has 1 saturated carbocycles. The van der Waals surface area contributed by atoms with Crippen LogP contribution in [0.2, 0.25) is 0 Å². The first-order valence-electron chi connectivity index (χ1n) is 11.3. The van der Waals surface area contributed by atoms with Crippen LogP contribution in [0.25, 0.3) is 0 Å². The van der Waals surface area contributed by atoms with E-state index in [-0.39, 0.29) is 11.9 Å². The Morgan fingerprint density at radius 3 is 2.09 bits per heavy atom. The summed E-state index contributed by atoms with van der Waals surface area (Å²) in [5, 5.41) is 11.4. The number of ether oxygens (including phenoxy) is 1. The number of anilines is 1. The van der Waals surface area contributed by atoms with Crippen LogP contribution < -0.4 is 9.64 Å². The first-order chi connectivity index (χ1) is 15.5. The van der Waals surface area contributed by atoms with E-state index in [1.54, 1.807) is 7.11 Å². The fraction of sp³-hybridized carbons (Fsp3) is 0.321. The average molecular weight is 428 g/mol. The summed E-state index contributed by atoms with van der Waals surface area (Å²) >= 11 is 0. The Kier molecular flexibility index (Phi) is 5.06. The maximum absolute atomic E-state index is 13.7. The lowest BCUT2D eigenvalue weighted by atomic mass is 9.56. The van der Waals surface area contributed by atoms with Crippen molar-refractivity contribution >= 4 is 11.6 Å². The summed E-state index contributed by atoms with van der Waals surface area (Å²) in [5.74, 6) is 0.965. The highest BCUT2D eigenvalue weighted by atomic mass is 16.5. The second-order valence-electron chi connectivity index (χ2n) is 9.24. The highest BCUT2D eigenvalue weighted by Gasteiger charge is 2.63. The molecule has 1 spiro atoms. The number of carbonyl (C=O) groups excluding carboxylic acids is 1. The van der Waals surface area contributed by atoms with Crippen molar-refractivity contribution in [2.45, 2.75) is 44.2 Å². The number of hydrogen-bond acceptors (Lipinski definition) is 3. The van der Waals surface area contributed by atoms with Crippen LogP contribution in [-0.2, 0) is 10.4 Å². The molecule has 1 saturated heterocycles. The fourth-order valence-corrected chi connectivity index (χ4v) is 5.51. The number of amides is 1. The third-order valence-electron chi connectivity index (χ3n) is 7.45. The third-order valence-corrected chi connectivity index (χ3v) is 7.45. The predicted molar refractivity (Wildman–Crippen MR) is 126 cm³/mol. The van der Waals surface area contributed by atoms with E-state index < -0.39 is 11.0 Å². The van der Waals surface area contributed by atoms with Crippen molar-refractivity contribution in [3.63, 3.8) is 0 Å². The first-order valence-corrected chi connectivity index (χ1v) is 11.3. The molecule has 5 rings (SSSR count). The van der Waals surface area contributed by atoms with Gasteiger partial charge in [0.1, 0.15) is 5.75 Å². The topological polar surface area (TPSA) is 49.8 Å². The summed E-state index contributed by atoms with van der Waals surface area (Å²) in [4.78, 5) is 15.6. The van der Waals surface area contributed by atoms with Gasteiger partial charge in [0, 0.05) is 5.69 Å². The minimum absolute atomic E-state index is 0.0501. The number of benzene rings is 3. The summed E-state index contributed by atoms with van der Waals surface area (Å²) in [6.07, 6.45) is 2.49. The monoisotopic (exact) mass is 427 g/mol. The van der Waals surface area contributed by atoms with Crippen LogP contribution in [0.15, 0.2) is 78.9 Å². The van der Waals surface area contributed by atoms with E-state index in [0.29, 0.717) is 25.7 Å². The lowest BCUT2D eigenvalue weighted by Crippen LogP contribution is -2.65. The van der Waals surface area contributed by atoms with Crippen molar-refractivity contribution in [1.82, 2.24) is 0 Å². The van der Waals surface area contributed by atoms with Gasteiger partial charge in [0.2, 0.25) is 5.91 Å². The van der Waals surface area contributed by atoms with E-state index in [0.717, 1.165) is 22.6 Å². The van der Waals surface area contributed by atoms with E-state index in [2.05, 4.69) is 12.1 Å². The molecule has 32 heavy (non-hydrogen) atoms. The molecular weight excluding hydrogens is 398 g/mol. The number of aryl methyl sites for hydroxylation is 1. The Morgan fingerprint density at radius 2 is 1.50 bits per heavy atom. The van der Waals surface area contributed by atoms with Gasteiger partial charge in [-0.1, -0.05) is 60.2 Å². The molecule has 0 aromatic heterocycles. The van der Waals surface area contributed by atoms with Crippen LogP contribution in [-0.4, -0.2) is 18.1 Å². The standard InChI is InChI=1S/C28H29NO3/c1-20-8-12-22(13-9-20)28(31)18-16-27(17-19-28)25(21-10-14-24(32-2)15-11-21)29(26(27)30)23-6-4-3-5-7-23/h3-15,25,31H,16-19H2,1-2H3/t25-,27?,28?/m1/s1. The van der Waals surface area contributed by atoms with Gasteiger partial charge in [0.25, 0.3) is 0 Å². The van der Waals surface area contributed by atoms with Crippen LogP contribution in [0.5, 0.6) is 5.75 Å². The van der Waals surface area contributed by atoms with Gasteiger partial charge in [-0.05, 0) is 68.0 Å². The zero-order valence-corrected chi connectivity index (χ0v) is 18.6. The first kappa shape index (κ1) is 20.8. The number of β-lactam (4-membered cyclic amide) rings is 1. The quantitative estimate of drug-likeness (QED) is 0.556. The molecular formula is C28H29NO3. The van der Waals surface area contributed by atoms with Crippen LogP contribution in [0.3, 0.4) is 0 Å². The van der Waals surface area contributed by atoms with Gasteiger partial charge in [-0.15, -0.1) is 0 Å². The zero-order valence-electron chi connectivity index (χ0n) is 18.6. The molecule has 2 aliphatic rings. The highest BCUT2D eigenvalue weighted by Crippen LogP contribution is 2.61. The minimum Gasteiger partial charge on any atom is -0.497 e. The molecule has 0 bridgehead atoms. The van der Waals surface area contributed by atoms with Crippen molar-refractivity contribution in [3.05, 3.63) is 95.6 Å². The largest absolute Gasteiger partial charge is 0.497 e. The van der Waals surface area contributed by atoms with E-state index in [1.165, 1.54) is 5.56 Å². The Labute approximate surface area is 189 Å². The van der Waals surface area contributed by atoms with Crippen molar-refractivity contribution in [2.24, 2.45) is 5.41 Å². The summed E-state index contributed by atoms with van der Waals surface area (Å²) < 4.78 is 5.34. The Morgan fingerprint density at radius 1 is 0.875 bits per heavy atom. The number of aliphatic hydroxyl groups is 1. The molecule has 3 aromatic carbocycles. The molecule has 1 aliphatic heterocycles. The van der Waals surface area contributed by atoms with Gasteiger partial charge in [-0.25, -0.2) is 0 Å². The van der Waals surface area contributed by atoms with Crippen LogP contribution in [0.4, 0.5) is 5.69 Å². The van der Waals surface area contributed by atoms with E-state index in [1.807, 2.05) is 78.6 Å². The molecule has 1 aliphatic carbocycles. The second kappa shape index (κ2) is 7.79. The molecule has 1 atom stereocenters. The van der Waals surface area contributed by atoms with E-state index in [9.17, 15) is 9.90 Å². The van der Waals surface area contributed by atoms with Crippen molar-refractivity contribution < 1.29 is 14.6 Å². The van der Waals surface area contributed by atoms with Gasteiger partial charge in [0.15, 0.2) is 0 Å². The van der Waals surface area contributed by atoms with Gasteiger partial charge in [-0.3, -0.25) is 4.79 Å². The molecule has 0 radical (unpaired) electrons. The van der Waals surface area contributed by atoms with Crippen LogP contribution in [0, 0.1) is 12.3 Å². The maximum Gasteiger partial charge on any atom is 0.236 e. The summed E-state index contributed by atoms with van der Waals surface area (Å²) in [6, 6.07) is 26.0. The molecule has 1 heterocycles.